The summed E-state index contributed by atoms with van der Waals surface area (Å²) in [6, 6.07) is 4.94. The number of nitrogens with zero attached hydrogens (tertiary/aromatic N) is 2. The van der Waals surface area contributed by atoms with Crippen LogP contribution in [0.1, 0.15) is 24.3 Å². The number of hydrogen-bond donors (Lipinski definition) is 1. The molecule has 3 rings (SSSR count). The van der Waals surface area contributed by atoms with Crippen LogP contribution in [0.5, 0.6) is 5.75 Å². The van der Waals surface area contributed by atoms with Crippen LogP contribution in [0.4, 0.5) is 5.69 Å². The molecule has 0 spiro atoms. The number of carbonyl (C=O) groups is 1. The SMILES string of the molecule is COc1ccc(NC(=O)C2CCCN(S(=O)(=O)c3c(C)noc3C)C2)cc1Cl. The zero-order valence-corrected chi connectivity index (χ0v) is 17.4. The molecule has 1 amide bonds. The van der Waals surface area contributed by atoms with Crippen LogP contribution in [0.15, 0.2) is 27.6 Å². The van der Waals surface area contributed by atoms with E-state index in [-0.39, 0.29) is 23.1 Å². The summed E-state index contributed by atoms with van der Waals surface area (Å²) in [6.45, 7) is 3.60. The Morgan fingerprint density at radius 1 is 1.39 bits per heavy atom. The average molecular weight is 428 g/mol. The van der Waals surface area contributed by atoms with Gasteiger partial charge in [0, 0.05) is 18.8 Å². The van der Waals surface area contributed by atoms with Crippen LogP contribution in [0.25, 0.3) is 0 Å². The Balaban J connectivity index is 1.74. The van der Waals surface area contributed by atoms with Crippen molar-refractivity contribution in [1.82, 2.24) is 9.46 Å². The third kappa shape index (κ3) is 4.01. The summed E-state index contributed by atoms with van der Waals surface area (Å²) < 4.78 is 37.4. The zero-order chi connectivity index (χ0) is 20.5. The topological polar surface area (TPSA) is 102 Å². The summed E-state index contributed by atoms with van der Waals surface area (Å²) in [6.07, 6.45) is 1.19. The van der Waals surface area contributed by atoms with Gasteiger partial charge >= 0.3 is 0 Å². The van der Waals surface area contributed by atoms with Crippen molar-refractivity contribution in [2.75, 3.05) is 25.5 Å². The first-order valence-corrected chi connectivity index (χ1v) is 10.6. The molecular weight excluding hydrogens is 406 g/mol. The molecule has 1 aromatic carbocycles. The van der Waals surface area contributed by atoms with Gasteiger partial charge in [-0.05, 0) is 44.9 Å². The summed E-state index contributed by atoms with van der Waals surface area (Å²) in [4.78, 5) is 12.8. The van der Waals surface area contributed by atoms with Crippen molar-refractivity contribution in [2.45, 2.75) is 31.6 Å². The first-order chi connectivity index (χ1) is 13.2. The number of amides is 1. The summed E-state index contributed by atoms with van der Waals surface area (Å²) in [5.41, 5.74) is 0.846. The lowest BCUT2D eigenvalue weighted by Gasteiger charge is -2.31. The molecule has 28 heavy (non-hydrogen) atoms. The van der Waals surface area contributed by atoms with E-state index >= 15 is 0 Å². The van der Waals surface area contributed by atoms with Crippen LogP contribution in [0.2, 0.25) is 5.02 Å². The zero-order valence-electron chi connectivity index (χ0n) is 15.9. The third-order valence-corrected chi connectivity index (χ3v) is 7.15. The molecule has 1 fully saturated rings. The Bertz CT molecular complexity index is 970. The van der Waals surface area contributed by atoms with Crippen molar-refractivity contribution in [1.29, 1.82) is 0 Å². The lowest BCUT2D eigenvalue weighted by molar-refractivity contribution is -0.120. The molecule has 8 nitrogen and oxygen atoms in total. The predicted octanol–water partition coefficient (Wildman–Crippen LogP) is 2.99. The molecule has 1 aromatic heterocycles. The van der Waals surface area contributed by atoms with Crippen molar-refractivity contribution >= 4 is 33.2 Å². The Morgan fingerprint density at radius 2 is 2.14 bits per heavy atom. The number of sulfonamides is 1. The van der Waals surface area contributed by atoms with Crippen LogP contribution in [0.3, 0.4) is 0 Å². The van der Waals surface area contributed by atoms with Crippen molar-refractivity contribution in [3.8, 4) is 5.75 Å². The second-order valence-electron chi connectivity index (χ2n) is 6.69. The molecule has 152 valence electrons. The van der Waals surface area contributed by atoms with E-state index in [9.17, 15) is 13.2 Å². The molecule has 2 heterocycles. The fourth-order valence-corrected chi connectivity index (χ4v) is 5.41. The van der Waals surface area contributed by atoms with Gasteiger partial charge in [-0.1, -0.05) is 16.8 Å². The van der Waals surface area contributed by atoms with Gasteiger partial charge in [-0.2, -0.15) is 4.31 Å². The second kappa shape index (κ2) is 8.10. The Kier molecular flexibility index (Phi) is 5.97. The van der Waals surface area contributed by atoms with E-state index in [0.29, 0.717) is 41.5 Å². The summed E-state index contributed by atoms with van der Waals surface area (Å²) >= 11 is 6.09. The fraction of sp³-hybridized carbons (Fsp3) is 0.444. The molecule has 1 unspecified atom stereocenters. The van der Waals surface area contributed by atoms with Crippen molar-refractivity contribution in [2.24, 2.45) is 5.92 Å². The highest BCUT2D eigenvalue weighted by atomic mass is 35.5. The minimum atomic E-state index is -3.78. The normalized spacial score (nSPS) is 18.1. The second-order valence-corrected chi connectivity index (χ2v) is 8.98. The molecule has 0 bridgehead atoms. The number of halogens is 1. The van der Waals surface area contributed by atoms with E-state index in [4.69, 9.17) is 20.9 Å². The van der Waals surface area contributed by atoms with E-state index in [2.05, 4.69) is 10.5 Å². The number of rotatable bonds is 5. The average Bonchev–Trinajstić information content (AvgIpc) is 3.01. The van der Waals surface area contributed by atoms with Gasteiger partial charge in [0.1, 0.15) is 16.3 Å². The fourth-order valence-electron chi connectivity index (χ4n) is 3.34. The summed E-state index contributed by atoms with van der Waals surface area (Å²) in [5, 5.41) is 6.91. The van der Waals surface area contributed by atoms with Crippen LogP contribution >= 0.6 is 11.6 Å². The van der Waals surface area contributed by atoms with Gasteiger partial charge in [0.25, 0.3) is 0 Å². The number of aromatic nitrogens is 1. The first-order valence-electron chi connectivity index (χ1n) is 8.81. The molecule has 1 aliphatic heterocycles. The maximum Gasteiger partial charge on any atom is 0.248 e. The molecule has 1 aliphatic rings. The molecule has 0 radical (unpaired) electrons. The van der Waals surface area contributed by atoms with Gasteiger partial charge < -0.3 is 14.6 Å². The quantitative estimate of drug-likeness (QED) is 0.786. The van der Waals surface area contributed by atoms with Crippen LogP contribution in [-0.2, 0) is 14.8 Å². The first kappa shape index (κ1) is 20.6. The number of hydrogen-bond acceptors (Lipinski definition) is 6. The minimum absolute atomic E-state index is 0.0792. The summed E-state index contributed by atoms with van der Waals surface area (Å²) in [7, 11) is -2.27. The van der Waals surface area contributed by atoms with Gasteiger partial charge in [-0.25, -0.2) is 8.42 Å². The number of carbonyl (C=O) groups excluding carboxylic acids is 1. The van der Waals surface area contributed by atoms with Crippen LogP contribution in [-0.4, -0.2) is 44.0 Å². The van der Waals surface area contributed by atoms with Crippen molar-refractivity contribution in [3.05, 3.63) is 34.7 Å². The predicted molar refractivity (Wildman–Crippen MR) is 104 cm³/mol. The lowest BCUT2D eigenvalue weighted by Crippen LogP contribution is -2.43. The standard InChI is InChI=1S/C18H22ClN3O5S/c1-11-17(12(2)27-21-11)28(24,25)22-8-4-5-13(10-22)18(23)20-14-6-7-16(26-3)15(19)9-14/h6-7,9,13H,4-5,8,10H2,1-3H3,(H,20,23). The third-order valence-electron chi connectivity index (χ3n) is 4.74. The molecular formula is C18H22ClN3O5S. The molecule has 1 saturated heterocycles. The number of nitrogens with one attached hydrogen (secondary N) is 1. The monoisotopic (exact) mass is 427 g/mol. The Hall–Kier alpha value is -2.10. The smallest absolute Gasteiger partial charge is 0.248 e. The van der Waals surface area contributed by atoms with Gasteiger partial charge in [0.2, 0.25) is 15.9 Å². The van der Waals surface area contributed by atoms with Crippen molar-refractivity contribution < 1.29 is 22.5 Å². The minimum Gasteiger partial charge on any atom is -0.495 e. The highest BCUT2D eigenvalue weighted by Crippen LogP contribution is 2.30. The Labute approximate surface area is 168 Å². The van der Waals surface area contributed by atoms with Gasteiger partial charge in [0.05, 0.1) is 18.1 Å². The largest absolute Gasteiger partial charge is 0.495 e. The van der Waals surface area contributed by atoms with E-state index in [0.717, 1.165) is 0 Å². The Morgan fingerprint density at radius 3 is 2.75 bits per heavy atom. The number of aryl methyl sites for hydroxylation is 2. The lowest BCUT2D eigenvalue weighted by atomic mass is 9.98. The van der Waals surface area contributed by atoms with E-state index in [1.165, 1.54) is 11.4 Å². The number of benzene rings is 1. The number of methoxy groups -OCH3 is 1. The van der Waals surface area contributed by atoms with Gasteiger partial charge in [-0.3, -0.25) is 4.79 Å². The molecule has 0 aliphatic carbocycles. The number of piperidine rings is 1. The summed E-state index contributed by atoms with van der Waals surface area (Å²) in [5.74, 6) is 0.0378. The molecule has 10 heteroatoms. The van der Waals surface area contributed by atoms with Crippen LogP contribution < -0.4 is 10.1 Å². The molecule has 1 atom stereocenters. The van der Waals surface area contributed by atoms with Crippen LogP contribution in [0, 0.1) is 19.8 Å². The highest BCUT2D eigenvalue weighted by molar-refractivity contribution is 7.89. The number of anilines is 1. The van der Waals surface area contributed by atoms with Gasteiger partial charge in [0.15, 0.2) is 5.76 Å². The van der Waals surface area contributed by atoms with Crippen molar-refractivity contribution in [3.63, 3.8) is 0 Å². The number of ether oxygens (including phenoxy) is 1. The molecule has 0 saturated carbocycles. The highest BCUT2D eigenvalue weighted by Gasteiger charge is 2.36. The maximum atomic E-state index is 13.0. The van der Waals surface area contributed by atoms with Gasteiger partial charge in [-0.15, -0.1) is 0 Å². The van der Waals surface area contributed by atoms with E-state index in [1.54, 1.807) is 32.0 Å². The van der Waals surface area contributed by atoms with E-state index < -0.39 is 15.9 Å². The molecule has 1 N–H and O–H groups in total. The molecule has 2 aromatic rings. The van der Waals surface area contributed by atoms with E-state index in [1.807, 2.05) is 0 Å². The maximum absolute atomic E-state index is 13.0.